The topological polar surface area (TPSA) is 54.6 Å². The lowest BCUT2D eigenvalue weighted by molar-refractivity contribution is -0.138. The molecule has 0 aliphatic heterocycles. The number of benzene rings is 1. The molecule has 8 heteroatoms. The molecule has 0 radical (unpaired) electrons. The fourth-order valence-electron chi connectivity index (χ4n) is 2.60. The van der Waals surface area contributed by atoms with Crippen LogP contribution in [0.2, 0.25) is 5.02 Å². The van der Waals surface area contributed by atoms with Crippen molar-refractivity contribution in [2.24, 2.45) is 0 Å². The second-order valence-electron chi connectivity index (χ2n) is 5.59. The molecule has 4 nitrogen and oxygen atoms in total. The van der Waals surface area contributed by atoms with E-state index in [1.54, 1.807) is 25.1 Å². The monoisotopic (exact) mass is 368 g/mol. The number of aliphatic carboxylic acids is 1. The van der Waals surface area contributed by atoms with Crippen LogP contribution in [0.15, 0.2) is 36.5 Å². The number of aryl methyl sites for hydroxylation is 1. The maximum atomic E-state index is 13.0. The Bertz CT molecular complexity index is 980. The zero-order valence-electron chi connectivity index (χ0n) is 12.9. The summed E-state index contributed by atoms with van der Waals surface area (Å²) in [4.78, 5) is 15.5. The molecule has 0 atom stereocenters. The zero-order chi connectivity index (χ0) is 18.4. The first-order chi connectivity index (χ1) is 11.7. The summed E-state index contributed by atoms with van der Waals surface area (Å²) in [6.45, 7) is 1.78. The van der Waals surface area contributed by atoms with Crippen LogP contribution in [0.4, 0.5) is 13.2 Å². The normalized spacial score (nSPS) is 11.9. The molecule has 2 heterocycles. The summed E-state index contributed by atoms with van der Waals surface area (Å²) in [6, 6.07) is 7.17. The van der Waals surface area contributed by atoms with Gasteiger partial charge < -0.3 is 9.51 Å². The molecule has 0 aliphatic rings. The highest BCUT2D eigenvalue weighted by Gasteiger charge is 2.31. The van der Waals surface area contributed by atoms with Gasteiger partial charge in [0.25, 0.3) is 0 Å². The van der Waals surface area contributed by atoms with Crippen molar-refractivity contribution in [1.82, 2.24) is 9.38 Å². The quantitative estimate of drug-likeness (QED) is 0.734. The number of carboxylic acid groups (broad SMARTS) is 1. The molecule has 1 aromatic carbocycles. The Labute approximate surface area is 145 Å². The van der Waals surface area contributed by atoms with Gasteiger partial charge in [0.15, 0.2) is 0 Å². The number of imidazole rings is 1. The maximum Gasteiger partial charge on any atom is 0.417 e. The third kappa shape index (κ3) is 3.32. The van der Waals surface area contributed by atoms with Gasteiger partial charge >= 0.3 is 12.1 Å². The molecule has 3 rings (SSSR count). The predicted octanol–water partition coefficient (Wildman–Crippen LogP) is 4.61. The maximum absolute atomic E-state index is 13.0. The number of halogens is 4. The van der Waals surface area contributed by atoms with E-state index in [4.69, 9.17) is 16.7 Å². The first-order valence-electron chi connectivity index (χ1n) is 7.23. The van der Waals surface area contributed by atoms with Crippen molar-refractivity contribution < 1.29 is 23.1 Å². The van der Waals surface area contributed by atoms with Crippen molar-refractivity contribution in [2.45, 2.75) is 19.5 Å². The standard InChI is InChI=1S/C17H12ClF3N2O2/c1-9-6-10(2-4-12(9)18)16-13(7-15(24)25)23-8-11(17(19,20)21)3-5-14(23)22-16/h2-6,8H,7H2,1H3,(H,24,25). The molecule has 0 saturated heterocycles. The minimum atomic E-state index is -4.53. The predicted molar refractivity (Wildman–Crippen MR) is 86.7 cm³/mol. The van der Waals surface area contributed by atoms with Gasteiger partial charge in [0.1, 0.15) is 5.65 Å². The molecular weight excluding hydrogens is 357 g/mol. The molecular formula is C17H12ClF3N2O2. The number of aromatic nitrogens is 2. The molecule has 130 valence electrons. The van der Waals surface area contributed by atoms with Crippen molar-refractivity contribution >= 4 is 23.2 Å². The molecule has 0 spiro atoms. The van der Waals surface area contributed by atoms with Crippen molar-refractivity contribution in [3.05, 3.63) is 58.4 Å². The number of alkyl halides is 3. The fourth-order valence-corrected chi connectivity index (χ4v) is 2.71. The number of fused-ring (bicyclic) bond motifs is 1. The van der Waals surface area contributed by atoms with Crippen LogP contribution in [0.5, 0.6) is 0 Å². The summed E-state index contributed by atoms with van der Waals surface area (Å²) >= 11 is 6.00. The number of hydrogen-bond acceptors (Lipinski definition) is 2. The van der Waals surface area contributed by atoms with Crippen LogP contribution in [0.3, 0.4) is 0 Å². The average Bonchev–Trinajstić information content (AvgIpc) is 2.86. The van der Waals surface area contributed by atoms with E-state index in [2.05, 4.69) is 4.98 Å². The van der Waals surface area contributed by atoms with E-state index in [9.17, 15) is 18.0 Å². The van der Waals surface area contributed by atoms with Crippen molar-refractivity contribution in [2.75, 3.05) is 0 Å². The van der Waals surface area contributed by atoms with Crippen LogP contribution in [-0.2, 0) is 17.4 Å². The van der Waals surface area contributed by atoms with E-state index in [-0.39, 0.29) is 11.3 Å². The van der Waals surface area contributed by atoms with Crippen molar-refractivity contribution in [3.8, 4) is 11.3 Å². The molecule has 1 N–H and O–H groups in total. The van der Waals surface area contributed by atoms with E-state index < -0.39 is 24.1 Å². The molecule has 0 aliphatic carbocycles. The molecule has 0 amide bonds. The second-order valence-corrected chi connectivity index (χ2v) is 5.99. The van der Waals surface area contributed by atoms with Crippen LogP contribution in [0, 0.1) is 6.92 Å². The van der Waals surface area contributed by atoms with Crippen LogP contribution >= 0.6 is 11.6 Å². The molecule has 25 heavy (non-hydrogen) atoms. The Morgan fingerprint density at radius 1 is 1.28 bits per heavy atom. The van der Waals surface area contributed by atoms with Gasteiger partial charge in [-0.25, -0.2) is 4.98 Å². The van der Waals surface area contributed by atoms with E-state index in [0.29, 0.717) is 16.3 Å². The first kappa shape index (κ1) is 17.3. The minimum Gasteiger partial charge on any atom is -0.481 e. The third-order valence-corrected chi connectivity index (χ3v) is 4.22. The number of rotatable bonds is 3. The van der Waals surface area contributed by atoms with Gasteiger partial charge in [-0.1, -0.05) is 17.7 Å². The van der Waals surface area contributed by atoms with Crippen LogP contribution in [0.25, 0.3) is 16.9 Å². The van der Waals surface area contributed by atoms with Gasteiger partial charge in [0.05, 0.1) is 23.4 Å². The van der Waals surface area contributed by atoms with Gasteiger partial charge in [0.2, 0.25) is 0 Å². The molecule has 2 aromatic heterocycles. The van der Waals surface area contributed by atoms with Crippen molar-refractivity contribution in [3.63, 3.8) is 0 Å². The Balaban J connectivity index is 2.27. The van der Waals surface area contributed by atoms with E-state index in [1.807, 2.05) is 0 Å². The largest absolute Gasteiger partial charge is 0.481 e. The van der Waals surface area contributed by atoms with Gasteiger partial charge in [-0.3, -0.25) is 4.79 Å². The number of nitrogens with zero attached hydrogens (tertiary/aromatic N) is 2. The summed E-state index contributed by atoms with van der Waals surface area (Å²) in [6.07, 6.45) is -4.12. The molecule has 0 saturated carbocycles. The number of carbonyl (C=O) groups is 1. The Hall–Kier alpha value is -2.54. The minimum absolute atomic E-state index is 0.176. The van der Waals surface area contributed by atoms with Crippen LogP contribution in [-0.4, -0.2) is 20.5 Å². The number of hydrogen-bond donors (Lipinski definition) is 1. The Morgan fingerprint density at radius 2 is 2.00 bits per heavy atom. The lowest BCUT2D eigenvalue weighted by Gasteiger charge is -2.08. The highest BCUT2D eigenvalue weighted by atomic mass is 35.5. The third-order valence-electron chi connectivity index (χ3n) is 3.79. The van der Waals surface area contributed by atoms with Crippen molar-refractivity contribution in [1.29, 1.82) is 0 Å². The van der Waals surface area contributed by atoms with Gasteiger partial charge in [0, 0.05) is 16.8 Å². The number of carboxylic acids is 1. The first-order valence-corrected chi connectivity index (χ1v) is 7.61. The number of pyridine rings is 1. The molecule has 0 unspecified atom stereocenters. The SMILES string of the molecule is Cc1cc(-c2nc3ccc(C(F)(F)F)cn3c2CC(=O)O)ccc1Cl. The van der Waals surface area contributed by atoms with E-state index >= 15 is 0 Å². The second kappa shape index (κ2) is 6.07. The Kier molecular flexibility index (Phi) is 4.20. The summed E-state index contributed by atoms with van der Waals surface area (Å²) in [5.74, 6) is -1.16. The lowest BCUT2D eigenvalue weighted by Crippen LogP contribution is -2.09. The Morgan fingerprint density at radius 3 is 2.60 bits per heavy atom. The van der Waals surface area contributed by atoms with Gasteiger partial charge in [-0.2, -0.15) is 13.2 Å². The lowest BCUT2D eigenvalue weighted by atomic mass is 10.1. The summed E-state index contributed by atoms with van der Waals surface area (Å²) < 4.78 is 40.1. The highest BCUT2D eigenvalue weighted by molar-refractivity contribution is 6.31. The fraction of sp³-hybridized carbons (Fsp3) is 0.176. The smallest absolute Gasteiger partial charge is 0.417 e. The molecule has 0 fully saturated rings. The van der Waals surface area contributed by atoms with Crippen LogP contribution in [0.1, 0.15) is 16.8 Å². The van der Waals surface area contributed by atoms with Gasteiger partial charge in [-0.15, -0.1) is 0 Å². The van der Waals surface area contributed by atoms with E-state index in [0.717, 1.165) is 17.8 Å². The summed E-state index contributed by atoms with van der Waals surface area (Å²) in [5.41, 5.74) is 1.22. The summed E-state index contributed by atoms with van der Waals surface area (Å²) in [7, 11) is 0. The van der Waals surface area contributed by atoms with Crippen LogP contribution < -0.4 is 0 Å². The molecule has 0 bridgehead atoms. The summed E-state index contributed by atoms with van der Waals surface area (Å²) in [5, 5.41) is 9.69. The van der Waals surface area contributed by atoms with Gasteiger partial charge in [-0.05, 0) is 36.8 Å². The average molecular weight is 369 g/mol. The highest BCUT2D eigenvalue weighted by Crippen LogP contribution is 2.32. The molecule has 3 aromatic rings. The van der Waals surface area contributed by atoms with E-state index in [1.165, 1.54) is 10.5 Å². The zero-order valence-corrected chi connectivity index (χ0v) is 13.7.